The Morgan fingerprint density at radius 2 is 1.77 bits per heavy atom. The van der Waals surface area contributed by atoms with Gasteiger partial charge in [0.15, 0.2) is 0 Å². The van der Waals surface area contributed by atoms with Gasteiger partial charge >= 0.3 is 6.09 Å². The number of carbonyl (C=O) groups excluding carboxylic acids is 1. The largest absolute Gasteiger partial charge is 0.506 e. The third-order valence-electron chi connectivity index (χ3n) is 4.80. The summed E-state index contributed by atoms with van der Waals surface area (Å²) in [5.41, 5.74) is 1.70. The van der Waals surface area contributed by atoms with Gasteiger partial charge in [0, 0.05) is 18.0 Å². The number of amides is 1. The molecular formula is C24H28N2O5. The summed E-state index contributed by atoms with van der Waals surface area (Å²) in [5.74, 6) is -0.0905. The lowest BCUT2D eigenvalue weighted by molar-refractivity contribution is 0.0125. The predicted octanol–water partition coefficient (Wildman–Crippen LogP) is 4.01. The van der Waals surface area contributed by atoms with Crippen molar-refractivity contribution in [1.29, 1.82) is 0 Å². The van der Waals surface area contributed by atoms with Gasteiger partial charge in [-0.25, -0.2) is 4.79 Å². The second-order valence-electron chi connectivity index (χ2n) is 8.65. The van der Waals surface area contributed by atoms with Crippen LogP contribution in [0.25, 0.3) is 10.9 Å². The van der Waals surface area contributed by atoms with Gasteiger partial charge in [0.25, 0.3) is 0 Å². The van der Waals surface area contributed by atoms with Crippen LogP contribution in [0.5, 0.6) is 5.75 Å². The molecule has 3 aromatic rings. The fourth-order valence-electron chi connectivity index (χ4n) is 3.30. The molecule has 1 heterocycles. The molecule has 164 valence electrons. The number of aliphatic hydroxyl groups is 1. The van der Waals surface area contributed by atoms with Crippen molar-refractivity contribution in [1.82, 2.24) is 9.88 Å². The van der Waals surface area contributed by atoms with Crippen LogP contribution in [0.15, 0.2) is 53.3 Å². The summed E-state index contributed by atoms with van der Waals surface area (Å²) in [6, 6.07) is 13.7. The average Bonchev–Trinajstić information content (AvgIpc) is 2.68. The summed E-state index contributed by atoms with van der Waals surface area (Å²) in [5, 5.41) is 21.6. The zero-order valence-corrected chi connectivity index (χ0v) is 18.2. The molecule has 1 aromatic heterocycles. The second kappa shape index (κ2) is 8.81. The number of rotatable bonds is 5. The molecular weight excluding hydrogens is 396 g/mol. The SMILES string of the molecule is Cc1ccc(CN(CC(O)c2ccc(O)c3[nH]c(=O)ccc23)C(=O)OC(C)(C)C)cc1. The number of aromatic nitrogens is 1. The highest BCUT2D eigenvalue weighted by Crippen LogP contribution is 2.29. The summed E-state index contributed by atoms with van der Waals surface area (Å²) < 4.78 is 5.54. The maximum absolute atomic E-state index is 12.9. The van der Waals surface area contributed by atoms with E-state index in [9.17, 15) is 19.8 Å². The van der Waals surface area contributed by atoms with Crippen LogP contribution in [0.2, 0.25) is 0 Å². The number of aryl methyl sites for hydroxylation is 1. The molecule has 0 spiro atoms. The van der Waals surface area contributed by atoms with Crippen LogP contribution in [0.4, 0.5) is 4.79 Å². The number of phenolic OH excluding ortho intramolecular Hbond substituents is 1. The number of carbonyl (C=O) groups is 1. The summed E-state index contributed by atoms with van der Waals surface area (Å²) >= 11 is 0. The second-order valence-corrected chi connectivity index (χ2v) is 8.65. The van der Waals surface area contributed by atoms with Crippen molar-refractivity contribution in [3.8, 4) is 5.75 Å². The fourth-order valence-corrected chi connectivity index (χ4v) is 3.30. The Kier molecular flexibility index (Phi) is 6.36. The molecule has 2 aromatic carbocycles. The van der Waals surface area contributed by atoms with Gasteiger partial charge in [-0.15, -0.1) is 0 Å². The first-order valence-corrected chi connectivity index (χ1v) is 10.1. The molecule has 0 aliphatic carbocycles. The van der Waals surface area contributed by atoms with Gasteiger partial charge in [0.1, 0.15) is 11.4 Å². The molecule has 0 radical (unpaired) electrons. The van der Waals surface area contributed by atoms with Crippen LogP contribution >= 0.6 is 0 Å². The standard InChI is InChI=1S/C24H28N2O5/c1-15-5-7-16(8-6-15)13-26(23(30)31-24(2,3)4)14-20(28)17-9-11-19(27)22-18(17)10-12-21(29)25-22/h5-12,20,27-28H,13-14H2,1-4H3,(H,25,29). The van der Waals surface area contributed by atoms with Crippen LogP contribution in [-0.2, 0) is 11.3 Å². The summed E-state index contributed by atoms with van der Waals surface area (Å²) in [4.78, 5) is 28.5. The molecule has 0 aliphatic heterocycles. The third kappa shape index (κ3) is 5.64. The van der Waals surface area contributed by atoms with E-state index in [4.69, 9.17) is 4.74 Å². The molecule has 0 fully saturated rings. The van der Waals surface area contributed by atoms with Crippen LogP contribution < -0.4 is 5.56 Å². The maximum Gasteiger partial charge on any atom is 0.410 e. The minimum atomic E-state index is -1.06. The Morgan fingerprint density at radius 1 is 1.10 bits per heavy atom. The van der Waals surface area contributed by atoms with Gasteiger partial charge in [-0.2, -0.15) is 0 Å². The van der Waals surface area contributed by atoms with E-state index in [1.165, 1.54) is 17.0 Å². The van der Waals surface area contributed by atoms with Crippen molar-refractivity contribution in [2.45, 2.75) is 45.9 Å². The van der Waals surface area contributed by atoms with Crippen molar-refractivity contribution in [2.24, 2.45) is 0 Å². The number of H-pyrrole nitrogens is 1. The Balaban J connectivity index is 1.92. The van der Waals surface area contributed by atoms with Crippen molar-refractivity contribution >= 4 is 17.0 Å². The number of aromatic amines is 1. The fraction of sp³-hybridized carbons (Fsp3) is 0.333. The number of phenols is 1. The van der Waals surface area contributed by atoms with Gasteiger partial charge in [-0.3, -0.25) is 4.79 Å². The monoisotopic (exact) mass is 424 g/mol. The molecule has 0 saturated carbocycles. The number of benzene rings is 2. The van der Waals surface area contributed by atoms with Crippen molar-refractivity contribution in [2.75, 3.05) is 6.54 Å². The molecule has 1 atom stereocenters. The van der Waals surface area contributed by atoms with Crippen molar-refractivity contribution in [3.63, 3.8) is 0 Å². The van der Waals surface area contributed by atoms with Crippen molar-refractivity contribution in [3.05, 3.63) is 75.6 Å². The number of pyridine rings is 1. The Morgan fingerprint density at radius 3 is 2.42 bits per heavy atom. The first-order valence-electron chi connectivity index (χ1n) is 10.1. The molecule has 0 bridgehead atoms. The smallest absolute Gasteiger partial charge is 0.410 e. The van der Waals surface area contributed by atoms with Gasteiger partial charge in [-0.1, -0.05) is 35.9 Å². The Bertz CT molecular complexity index is 1130. The molecule has 31 heavy (non-hydrogen) atoms. The number of ether oxygens (including phenoxy) is 1. The lowest BCUT2D eigenvalue weighted by Gasteiger charge is -2.29. The highest BCUT2D eigenvalue weighted by atomic mass is 16.6. The van der Waals surface area contributed by atoms with Gasteiger partial charge < -0.3 is 24.8 Å². The van der Waals surface area contributed by atoms with Crippen LogP contribution in [-0.4, -0.2) is 38.3 Å². The van der Waals surface area contributed by atoms with E-state index in [1.54, 1.807) is 32.9 Å². The van der Waals surface area contributed by atoms with E-state index in [2.05, 4.69) is 4.98 Å². The lowest BCUT2D eigenvalue weighted by Crippen LogP contribution is -2.38. The summed E-state index contributed by atoms with van der Waals surface area (Å²) in [7, 11) is 0. The zero-order valence-electron chi connectivity index (χ0n) is 18.2. The third-order valence-corrected chi connectivity index (χ3v) is 4.80. The van der Waals surface area contributed by atoms with Gasteiger partial charge in [-0.05, 0) is 51.0 Å². The minimum Gasteiger partial charge on any atom is -0.506 e. The van der Waals surface area contributed by atoms with E-state index < -0.39 is 17.8 Å². The van der Waals surface area contributed by atoms with Gasteiger partial charge in [0.05, 0.1) is 18.2 Å². The Labute approximate surface area is 180 Å². The minimum absolute atomic E-state index is 0.0260. The first-order chi connectivity index (χ1) is 14.5. The molecule has 3 rings (SSSR count). The molecule has 7 nitrogen and oxygen atoms in total. The number of hydrogen-bond acceptors (Lipinski definition) is 5. The first kappa shape index (κ1) is 22.4. The number of aromatic hydroxyl groups is 1. The normalized spacial score (nSPS) is 12.5. The van der Waals surface area contributed by atoms with Crippen LogP contribution in [0.1, 0.15) is 43.6 Å². The predicted molar refractivity (Wildman–Crippen MR) is 119 cm³/mol. The number of nitrogens with zero attached hydrogens (tertiary/aromatic N) is 1. The number of hydrogen-bond donors (Lipinski definition) is 3. The summed E-state index contributed by atoms with van der Waals surface area (Å²) in [6.45, 7) is 7.58. The van der Waals surface area contributed by atoms with E-state index in [1.807, 2.05) is 31.2 Å². The van der Waals surface area contributed by atoms with Crippen LogP contribution in [0, 0.1) is 6.92 Å². The van der Waals surface area contributed by atoms with Crippen LogP contribution in [0.3, 0.4) is 0 Å². The number of aliphatic hydroxyl groups excluding tert-OH is 1. The number of fused-ring (bicyclic) bond motifs is 1. The molecule has 0 saturated heterocycles. The van der Waals surface area contributed by atoms with E-state index in [0.29, 0.717) is 10.9 Å². The quantitative estimate of drug-likeness (QED) is 0.574. The highest BCUT2D eigenvalue weighted by Gasteiger charge is 2.26. The molecule has 3 N–H and O–H groups in total. The summed E-state index contributed by atoms with van der Waals surface area (Å²) in [6.07, 6.45) is -1.60. The van der Waals surface area contributed by atoms with E-state index >= 15 is 0 Å². The molecule has 0 aliphatic rings. The lowest BCUT2D eigenvalue weighted by atomic mass is 10.0. The van der Waals surface area contributed by atoms with E-state index in [0.717, 1.165) is 11.1 Å². The maximum atomic E-state index is 12.9. The van der Waals surface area contributed by atoms with Crippen molar-refractivity contribution < 1.29 is 19.7 Å². The van der Waals surface area contributed by atoms with Gasteiger partial charge in [0.2, 0.25) is 5.56 Å². The average molecular weight is 424 g/mol. The highest BCUT2D eigenvalue weighted by molar-refractivity contribution is 5.87. The molecule has 1 amide bonds. The Hall–Kier alpha value is -3.32. The topological polar surface area (TPSA) is 103 Å². The number of nitrogens with one attached hydrogen (secondary N) is 1. The zero-order chi connectivity index (χ0) is 22.8. The molecule has 1 unspecified atom stereocenters. The van der Waals surface area contributed by atoms with E-state index in [-0.39, 0.29) is 29.9 Å². The molecule has 7 heteroatoms.